The van der Waals surface area contributed by atoms with Crippen molar-refractivity contribution in [3.63, 3.8) is 0 Å². The van der Waals surface area contributed by atoms with E-state index in [-0.39, 0.29) is 0 Å². The minimum absolute atomic E-state index is 0.648. The highest BCUT2D eigenvalue weighted by Gasteiger charge is 2.10. The maximum Gasteiger partial charge on any atom is 0.180 e. The summed E-state index contributed by atoms with van der Waals surface area (Å²) in [6.07, 6.45) is 3.44. The van der Waals surface area contributed by atoms with E-state index in [1.807, 2.05) is 38.1 Å². The van der Waals surface area contributed by atoms with Crippen LogP contribution in [-0.2, 0) is 12.8 Å². The molecule has 0 amide bonds. The first-order valence-corrected chi connectivity index (χ1v) is 8.12. The van der Waals surface area contributed by atoms with E-state index in [2.05, 4.69) is 32.3 Å². The van der Waals surface area contributed by atoms with E-state index in [1.165, 1.54) is 0 Å². The second-order valence-corrected chi connectivity index (χ2v) is 5.62. The number of aromatic nitrogens is 4. The zero-order chi connectivity index (χ0) is 16.9. The summed E-state index contributed by atoms with van der Waals surface area (Å²) in [6.45, 7) is 6.74. The van der Waals surface area contributed by atoms with Crippen LogP contribution in [0.25, 0.3) is 11.5 Å². The van der Waals surface area contributed by atoms with E-state index in [0.29, 0.717) is 5.82 Å². The van der Waals surface area contributed by atoms with Crippen LogP contribution in [0.2, 0.25) is 0 Å². The molecule has 3 rings (SSSR count). The number of nitrogens with one attached hydrogen (secondary N) is 1. The summed E-state index contributed by atoms with van der Waals surface area (Å²) in [5.41, 5.74) is 3.87. The summed E-state index contributed by atoms with van der Waals surface area (Å²) in [4.78, 5) is 13.5. The van der Waals surface area contributed by atoms with E-state index < -0.39 is 0 Å². The molecular formula is C18H21N5O. The summed E-state index contributed by atoms with van der Waals surface area (Å²) in [7, 11) is 0. The van der Waals surface area contributed by atoms with E-state index in [0.717, 1.165) is 53.6 Å². The van der Waals surface area contributed by atoms with Gasteiger partial charge in [0.15, 0.2) is 5.82 Å². The van der Waals surface area contributed by atoms with Gasteiger partial charge in [-0.15, -0.1) is 0 Å². The van der Waals surface area contributed by atoms with Crippen LogP contribution in [0.15, 0.2) is 35.0 Å². The number of anilines is 1. The Labute approximate surface area is 141 Å². The van der Waals surface area contributed by atoms with Gasteiger partial charge < -0.3 is 9.84 Å². The standard InChI is InChI=1S/C18H21N5O/c1-4-14-11-17(20-10-8-15-12(2)23-24-13(15)3)22-18(21-14)16-7-5-6-9-19-16/h5-7,9,11H,4,8,10H2,1-3H3,(H,20,21,22). The summed E-state index contributed by atoms with van der Waals surface area (Å²) in [5.74, 6) is 2.34. The average Bonchev–Trinajstić information content (AvgIpc) is 2.94. The van der Waals surface area contributed by atoms with Crippen molar-refractivity contribution in [2.24, 2.45) is 0 Å². The van der Waals surface area contributed by atoms with Gasteiger partial charge in [0.05, 0.1) is 5.69 Å². The van der Waals surface area contributed by atoms with Crippen molar-refractivity contribution >= 4 is 5.82 Å². The molecule has 0 unspecified atom stereocenters. The van der Waals surface area contributed by atoms with Gasteiger partial charge in [-0.25, -0.2) is 9.97 Å². The third-order valence-electron chi connectivity index (χ3n) is 3.90. The Balaban J connectivity index is 1.76. The molecule has 0 fully saturated rings. The summed E-state index contributed by atoms with van der Waals surface area (Å²) in [5, 5.41) is 7.36. The fourth-order valence-corrected chi connectivity index (χ4v) is 2.55. The first-order valence-electron chi connectivity index (χ1n) is 8.12. The Morgan fingerprint density at radius 3 is 2.71 bits per heavy atom. The molecule has 0 aliphatic rings. The van der Waals surface area contributed by atoms with E-state index >= 15 is 0 Å². The van der Waals surface area contributed by atoms with Crippen LogP contribution in [0.4, 0.5) is 5.82 Å². The number of hydrogen-bond donors (Lipinski definition) is 1. The molecule has 0 saturated heterocycles. The number of aryl methyl sites for hydroxylation is 3. The van der Waals surface area contributed by atoms with Gasteiger partial charge in [-0.1, -0.05) is 18.1 Å². The lowest BCUT2D eigenvalue weighted by atomic mass is 10.1. The van der Waals surface area contributed by atoms with Crippen LogP contribution < -0.4 is 5.32 Å². The average molecular weight is 323 g/mol. The second-order valence-electron chi connectivity index (χ2n) is 5.62. The van der Waals surface area contributed by atoms with Crippen molar-refractivity contribution in [3.05, 3.63) is 53.2 Å². The lowest BCUT2D eigenvalue weighted by molar-refractivity contribution is 0.392. The van der Waals surface area contributed by atoms with E-state index in [1.54, 1.807) is 6.20 Å². The van der Waals surface area contributed by atoms with Crippen LogP contribution in [-0.4, -0.2) is 26.7 Å². The lowest BCUT2D eigenvalue weighted by Crippen LogP contribution is -2.09. The van der Waals surface area contributed by atoms with Crippen LogP contribution >= 0.6 is 0 Å². The molecule has 6 heteroatoms. The predicted molar refractivity (Wildman–Crippen MR) is 92.8 cm³/mol. The molecule has 0 aromatic carbocycles. The van der Waals surface area contributed by atoms with Gasteiger partial charge >= 0.3 is 0 Å². The van der Waals surface area contributed by atoms with Gasteiger partial charge in [-0.05, 0) is 38.8 Å². The highest BCUT2D eigenvalue weighted by Crippen LogP contribution is 2.17. The SMILES string of the molecule is CCc1cc(NCCc2c(C)noc2C)nc(-c2ccccn2)n1. The molecular weight excluding hydrogens is 302 g/mol. The number of nitrogens with zero attached hydrogens (tertiary/aromatic N) is 4. The molecule has 0 radical (unpaired) electrons. The molecule has 0 aliphatic carbocycles. The lowest BCUT2D eigenvalue weighted by Gasteiger charge is -2.09. The normalized spacial score (nSPS) is 10.8. The zero-order valence-corrected chi connectivity index (χ0v) is 14.2. The number of pyridine rings is 1. The molecule has 124 valence electrons. The first-order chi connectivity index (χ1) is 11.7. The Kier molecular flexibility index (Phi) is 4.84. The molecule has 0 atom stereocenters. The molecule has 0 aliphatic heterocycles. The monoisotopic (exact) mass is 323 g/mol. The molecule has 0 bridgehead atoms. The largest absolute Gasteiger partial charge is 0.370 e. The van der Waals surface area contributed by atoms with Crippen molar-refractivity contribution in [2.45, 2.75) is 33.6 Å². The van der Waals surface area contributed by atoms with Gasteiger partial charge in [0.25, 0.3) is 0 Å². The van der Waals surface area contributed by atoms with Crippen molar-refractivity contribution in [2.75, 3.05) is 11.9 Å². The fourth-order valence-electron chi connectivity index (χ4n) is 2.55. The molecule has 24 heavy (non-hydrogen) atoms. The topological polar surface area (TPSA) is 76.7 Å². The van der Waals surface area contributed by atoms with Crippen molar-refractivity contribution < 1.29 is 4.52 Å². The molecule has 6 nitrogen and oxygen atoms in total. The molecule has 0 saturated carbocycles. The van der Waals surface area contributed by atoms with Crippen LogP contribution in [0.1, 0.15) is 29.6 Å². The number of hydrogen-bond acceptors (Lipinski definition) is 6. The molecule has 0 spiro atoms. The summed E-state index contributed by atoms with van der Waals surface area (Å²) >= 11 is 0. The van der Waals surface area contributed by atoms with Gasteiger partial charge in [-0.3, -0.25) is 4.98 Å². The minimum Gasteiger partial charge on any atom is -0.370 e. The zero-order valence-electron chi connectivity index (χ0n) is 14.2. The predicted octanol–water partition coefficient (Wildman–Crippen LogP) is 3.36. The molecule has 3 heterocycles. The fraction of sp³-hybridized carbons (Fsp3) is 0.333. The summed E-state index contributed by atoms with van der Waals surface area (Å²) < 4.78 is 5.20. The van der Waals surface area contributed by atoms with Crippen LogP contribution in [0.5, 0.6) is 0 Å². The minimum atomic E-state index is 0.648. The maximum absolute atomic E-state index is 5.20. The van der Waals surface area contributed by atoms with Crippen LogP contribution in [0.3, 0.4) is 0 Å². The third-order valence-corrected chi connectivity index (χ3v) is 3.90. The Morgan fingerprint density at radius 2 is 2.04 bits per heavy atom. The quantitative estimate of drug-likeness (QED) is 0.749. The van der Waals surface area contributed by atoms with Crippen LogP contribution in [0, 0.1) is 13.8 Å². The summed E-state index contributed by atoms with van der Waals surface area (Å²) in [6, 6.07) is 7.73. The Bertz CT molecular complexity index is 794. The highest BCUT2D eigenvalue weighted by atomic mass is 16.5. The van der Waals surface area contributed by atoms with E-state index in [4.69, 9.17) is 4.52 Å². The van der Waals surface area contributed by atoms with Crippen molar-refractivity contribution in [3.8, 4) is 11.5 Å². The van der Waals surface area contributed by atoms with Gasteiger partial charge in [-0.2, -0.15) is 0 Å². The molecule has 1 N–H and O–H groups in total. The maximum atomic E-state index is 5.20. The molecule has 3 aromatic heterocycles. The molecule has 3 aromatic rings. The first kappa shape index (κ1) is 16.1. The highest BCUT2D eigenvalue weighted by molar-refractivity contribution is 5.53. The van der Waals surface area contributed by atoms with Gasteiger partial charge in [0, 0.05) is 30.1 Å². The Morgan fingerprint density at radius 1 is 1.17 bits per heavy atom. The van der Waals surface area contributed by atoms with Gasteiger partial charge in [0.1, 0.15) is 17.3 Å². The third kappa shape index (κ3) is 3.59. The van der Waals surface area contributed by atoms with E-state index in [9.17, 15) is 0 Å². The second kappa shape index (κ2) is 7.21. The van der Waals surface area contributed by atoms with Gasteiger partial charge in [0.2, 0.25) is 0 Å². The van der Waals surface area contributed by atoms with Crippen molar-refractivity contribution in [1.82, 2.24) is 20.1 Å². The van der Waals surface area contributed by atoms with Crippen molar-refractivity contribution in [1.29, 1.82) is 0 Å². The smallest absolute Gasteiger partial charge is 0.180 e. The Hall–Kier alpha value is -2.76. The number of rotatable bonds is 6.